The van der Waals surface area contributed by atoms with E-state index in [0.29, 0.717) is 29.4 Å². The Balaban J connectivity index is 1.36. The van der Waals surface area contributed by atoms with Crippen LogP contribution in [0.25, 0.3) is 0 Å². The van der Waals surface area contributed by atoms with Gasteiger partial charge >= 0.3 is 0 Å². The number of allylic oxidation sites excluding steroid dienone is 9. The average Bonchev–Trinajstić information content (AvgIpc) is 3.56. The molecule has 0 amide bonds. The molecule has 1 aliphatic carbocycles. The summed E-state index contributed by atoms with van der Waals surface area (Å²) < 4.78 is 6.01. The lowest BCUT2D eigenvalue weighted by Crippen LogP contribution is -2.27. The molecule has 0 saturated carbocycles. The summed E-state index contributed by atoms with van der Waals surface area (Å²) in [6.45, 7) is 22.5. The quantitative estimate of drug-likeness (QED) is 0.0967. The highest BCUT2D eigenvalue weighted by Crippen LogP contribution is 2.49. The Morgan fingerprint density at radius 3 is 2.25 bits per heavy atom. The molecule has 310 valence electrons. The summed E-state index contributed by atoms with van der Waals surface area (Å²) in [6, 6.07) is 22.7. The SMILES string of the molecule is CC1(C)OC(=C(C#N)C#N)C(C#N)=C1/C=C/C1=C(Cl)C(=C/C=C2/N(CCCCCC(=O)Cc3ccc(C#C[Si](C)(C)C)cc3)c3ccccc3C2(C)C)/CC(C(C)(C)C)C1. The lowest BCUT2D eigenvalue weighted by molar-refractivity contribution is -0.118. The van der Waals surface area contributed by atoms with E-state index in [0.717, 1.165) is 60.9 Å². The molecule has 3 aliphatic rings. The highest BCUT2D eigenvalue weighted by molar-refractivity contribution is 6.83. The first-order chi connectivity index (χ1) is 28.2. The van der Waals surface area contributed by atoms with Crippen LogP contribution in [0.15, 0.2) is 117 Å². The Kier molecular flexibility index (Phi) is 14.1. The molecule has 1 unspecified atom stereocenters. The van der Waals surface area contributed by atoms with Crippen LogP contribution in [-0.2, 0) is 21.4 Å². The number of Topliss-reactive ketones (excluding diaryl/α,β-unsaturated/α-hetero) is 1. The number of unbranched alkanes of at least 4 members (excludes halogenated alkanes) is 2. The van der Waals surface area contributed by atoms with Gasteiger partial charge in [0, 0.05) is 52.4 Å². The van der Waals surface area contributed by atoms with Gasteiger partial charge in [0.25, 0.3) is 0 Å². The number of nitriles is 3. The molecule has 0 fully saturated rings. The predicted octanol–water partition coefficient (Wildman–Crippen LogP) is 12.6. The average molecular weight is 836 g/mol. The zero-order valence-electron chi connectivity index (χ0n) is 37.1. The van der Waals surface area contributed by atoms with Gasteiger partial charge in [0.15, 0.2) is 11.3 Å². The summed E-state index contributed by atoms with van der Waals surface area (Å²) in [5.41, 5.74) is 10.6. The third kappa shape index (κ3) is 10.7. The van der Waals surface area contributed by atoms with Crippen molar-refractivity contribution in [3.05, 3.63) is 134 Å². The summed E-state index contributed by atoms with van der Waals surface area (Å²) in [5.74, 6) is 3.89. The maximum absolute atomic E-state index is 13.0. The van der Waals surface area contributed by atoms with Crippen LogP contribution >= 0.6 is 11.6 Å². The fraction of sp³-hybridized carbons (Fsp3) is 0.423. The minimum atomic E-state index is -1.44. The maximum atomic E-state index is 13.0. The van der Waals surface area contributed by atoms with Crippen LogP contribution < -0.4 is 4.90 Å². The fourth-order valence-electron chi connectivity index (χ4n) is 8.16. The third-order valence-electron chi connectivity index (χ3n) is 11.8. The van der Waals surface area contributed by atoms with Crippen molar-refractivity contribution >= 4 is 31.1 Å². The fourth-order valence-corrected chi connectivity index (χ4v) is 8.96. The number of halogens is 1. The number of nitrogens with zero attached hydrogens (tertiary/aromatic N) is 4. The molecule has 0 spiro atoms. The van der Waals surface area contributed by atoms with E-state index in [1.807, 2.05) is 62.4 Å². The second kappa shape index (κ2) is 18.5. The van der Waals surface area contributed by atoms with E-state index in [4.69, 9.17) is 16.3 Å². The summed E-state index contributed by atoms with van der Waals surface area (Å²) >= 11 is 7.30. The van der Waals surface area contributed by atoms with Crippen molar-refractivity contribution in [2.45, 2.75) is 124 Å². The Bertz CT molecular complexity index is 2380. The summed E-state index contributed by atoms with van der Waals surface area (Å²) in [7, 11) is -1.44. The van der Waals surface area contributed by atoms with Crippen molar-refractivity contribution in [3.8, 4) is 29.7 Å². The van der Waals surface area contributed by atoms with Crippen LogP contribution in [0.3, 0.4) is 0 Å². The second-order valence-corrected chi connectivity index (χ2v) is 24.5. The van der Waals surface area contributed by atoms with E-state index in [-0.39, 0.29) is 33.5 Å². The lowest BCUT2D eigenvalue weighted by atomic mass is 9.70. The van der Waals surface area contributed by atoms with Crippen LogP contribution in [0.1, 0.15) is 104 Å². The van der Waals surface area contributed by atoms with Crippen LogP contribution in [-0.4, -0.2) is 26.0 Å². The zero-order chi connectivity index (χ0) is 44.0. The number of fused-ring (bicyclic) bond motifs is 1. The molecule has 8 heteroatoms. The number of para-hydroxylation sites is 1. The topological polar surface area (TPSA) is 101 Å². The van der Waals surface area contributed by atoms with E-state index in [1.165, 1.54) is 16.9 Å². The van der Waals surface area contributed by atoms with Gasteiger partial charge in [-0.3, -0.25) is 4.79 Å². The van der Waals surface area contributed by atoms with E-state index >= 15 is 0 Å². The van der Waals surface area contributed by atoms with E-state index in [9.17, 15) is 20.6 Å². The van der Waals surface area contributed by atoms with Crippen LogP contribution in [0.2, 0.25) is 19.6 Å². The second-order valence-electron chi connectivity index (χ2n) is 19.3. The normalized spacial score (nSPS) is 19.8. The first-order valence-electron chi connectivity index (χ1n) is 21.1. The molecule has 1 atom stereocenters. The van der Waals surface area contributed by atoms with Gasteiger partial charge in [-0.15, -0.1) is 5.54 Å². The number of hydrogen-bond donors (Lipinski definition) is 0. The number of anilines is 1. The summed E-state index contributed by atoms with van der Waals surface area (Å²) in [5, 5.41) is 29.9. The number of carbonyl (C=O) groups is 1. The van der Waals surface area contributed by atoms with Crippen LogP contribution in [0, 0.1) is 56.8 Å². The highest BCUT2D eigenvalue weighted by Gasteiger charge is 2.41. The minimum absolute atomic E-state index is 0.00328. The van der Waals surface area contributed by atoms with Gasteiger partial charge in [-0.25, -0.2) is 0 Å². The van der Waals surface area contributed by atoms with E-state index in [1.54, 1.807) is 0 Å². The van der Waals surface area contributed by atoms with Gasteiger partial charge in [-0.05, 0) is 97.4 Å². The van der Waals surface area contributed by atoms with Crippen molar-refractivity contribution in [1.82, 2.24) is 0 Å². The molecular formula is C52H59ClN4O2Si. The van der Waals surface area contributed by atoms with Gasteiger partial charge in [0.05, 0.1) is 0 Å². The Hall–Kier alpha value is -5.31. The number of ketones is 1. The Labute approximate surface area is 365 Å². The molecule has 0 bridgehead atoms. The van der Waals surface area contributed by atoms with Gasteiger partial charge in [-0.2, -0.15) is 15.8 Å². The predicted molar refractivity (Wildman–Crippen MR) is 247 cm³/mol. The van der Waals surface area contributed by atoms with Gasteiger partial charge < -0.3 is 9.64 Å². The van der Waals surface area contributed by atoms with Gasteiger partial charge in [0.1, 0.15) is 43.2 Å². The number of rotatable bonds is 11. The molecule has 5 rings (SSSR count). The number of ether oxygens (including phenoxy) is 1. The highest BCUT2D eigenvalue weighted by atomic mass is 35.5. The zero-order valence-corrected chi connectivity index (χ0v) is 38.9. The Morgan fingerprint density at radius 1 is 0.933 bits per heavy atom. The first kappa shape index (κ1) is 45.8. The monoisotopic (exact) mass is 834 g/mol. The number of benzene rings is 2. The van der Waals surface area contributed by atoms with Crippen molar-refractivity contribution in [3.63, 3.8) is 0 Å². The summed E-state index contributed by atoms with van der Waals surface area (Å²) in [4.78, 5) is 15.4. The van der Waals surface area contributed by atoms with Crippen molar-refractivity contribution in [1.29, 1.82) is 15.8 Å². The van der Waals surface area contributed by atoms with Crippen LogP contribution in [0.5, 0.6) is 0 Å². The molecule has 0 saturated heterocycles. The summed E-state index contributed by atoms with van der Waals surface area (Å²) in [6.07, 6.45) is 13.7. The van der Waals surface area contributed by atoms with E-state index < -0.39 is 13.7 Å². The molecule has 6 nitrogen and oxygen atoms in total. The number of hydrogen-bond acceptors (Lipinski definition) is 6. The minimum Gasteiger partial charge on any atom is -0.480 e. The molecule has 2 aromatic rings. The molecule has 60 heavy (non-hydrogen) atoms. The Morgan fingerprint density at radius 2 is 1.62 bits per heavy atom. The largest absolute Gasteiger partial charge is 0.480 e. The standard InChI is InChI=1S/C52H59ClN4O2Si/c1-50(2,3)41-31-38(23-25-44-43(35-56)49(40(33-54)34-55)59-52(44,6)7)48(53)39(32-41)24-26-47-51(4,5)45-17-13-14-18-46(45)57(47)28-15-11-12-16-42(58)30-37-21-19-36(20-22-37)27-29-60(8,9)10/h13-14,17-26,41H,11-12,15-16,28,30-32H2,1-10H3/b25-23+,39-24+,47-26+. The van der Waals surface area contributed by atoms with Crippen LogP contribution in [0.4, 0.5) is 5.69 Å². The molecule has 0 aromatic heterocycles. The number of carbonyl (C=O) groups excluding carboxylic acids is 1. The lowest BCUT2D eigenvalue weighted by Gasteiger charge is -2.36. The molecular weight excluding hydrogens is 776 g/mol. The van der Waals surface area contributed by atoms with Crippen molar-refractivity contribution < 1.29 is 9.53 Å². The van der Waals surface area contributed by atoms with Gasteiger partial charge in [-0.1, -0.05) is 127 Å². The first-order valence-corrected chi connectivity index (χ1v) is 25.0. The molecule has 2 heterocycles. The molecule has 0 N–H and O–H groups in total. The molecule has 2 aliphatic heterocycles. The smallest absolute Gasteiger partial charge is 0.172 e. The molecule has 0 radical (unpaired) electrons. The third-order valence-corrected chi connectivity index (χ3v) is 13.1. The van der Waals surface area contributed by atoms with Gasteiger partial charge in [0.2, 0.25) is 0 Å². The van der Waals surface area contributed by atoms with Crippen molar-refractivity contribution in [2.75, 3.05) is 11.4 Å². The van der Waals surface area contributed by atoms with E-state index in [2.05, 4.69) is 113 Å². The van der Waals surface area contributed by atoms with Crippen molar-refractivity contribution in [2.24, 2.45) is 11.3 Å². The molecule has 2 aromatic carbocycles. The maximum Gasteiger partial charge on any atom is 0.172 e.